The number of aliphatic imine (C=N–C) groups is 1. The molecule has 0 atom stereocenters. The predicted octanol–water partition coefficient (Wildman–Crippen LogP) is 4.91. The molecule has 0 aliphatic carbocycles. The second kappa shape index (κ2) is 11.6. The third-order valence-electron chi connectivity index (χ3n) is 4.77. The van der Waals surface area contributed by atoms with Crippen LogP contribution in [-0.2, 0) is 6.54 Å². The summed E-state index contributed by atoms with van der Waals surface area (Å²) < 4.78 is 43.4. The van der Waals surface area contributed by atoms with Gasteiger partial charge in [0.15, 0.2) is 0 Å². The first kappa shape index (κ1) is 26.5. The zero-order chi connectivity index (χ0) is 27.1. The predicted molar refractivity (Wildman–Crippen MR) is 141 cm³/mol. The number of thiocarbonyl (C=S) groups is 1. The van der Waals surface area contributed by atoms with Gasteiger partial charge in [-0.1, -0.05) is 18.2 Å². The highest BCUT2D eigenvalue weighted by Crippen LogP contribution is 2.25. The lowest BCUT2D eigenvalue weighted by Crippen LogP contribution is -2.26. The number of aromatic nitrogens is 5. The van der Waals surface area contributed by atoms with E-state index in [0.717, 1.165) is 23.0 Å². The summed E-state index contributed by atoms with van der Waals surface area (Å²) in [5, 5.41) is 13.0. The number of aryl methyl sites for hydroxylation is 2. The van der Waals surface area contributed by atoms with E-state index in [4.69, 9.17) is 12.2 Å². The molecule has 0 unspecified atom stereocenters. The van der Waals surface area contributed by atoms with Gasteiger partial charge in [-0.3, -0.25) is 5.32 Å². The molecule has 0 spiro atoms. The summed E-state index contributed by atoms with van der Waals surface area (Å²) >= 11 is 5.34. The molecule has 0 radical (unpaired) electrons. The molecule has 0 aliphatic heterocycles. The Morgan fingerprint density at radius 3 is 2.37 bits per heavy atom. The molecule has 0 bridgehead atoms. The van der Waals surface area contributed by atoms with Crippen LogP contribution in [0.3, 0.4) is 0 Å². The van der Waals surface area contributed by atoms with Crippen LogP contribution in [0, 0.1) is 13.8 Å². The maximum Gasteiger partial charge on any atom is 0.573 e. The third kappa shape index (κ3) is 8.23. The second-order valence-electron chi connectivity index (χ2n) is 7.98. The van der Waals surface area contributed by atoms with Crippen LogP contribution in [0.2, 0.25) is 0 Å². The van der Waals surface area contributed by atoms with Gasteiger partial charge in [0.2, 0.25) is 17.0 Å². The fourth-order valence-electron chi connectivity index (χ4n) is 3.33. The summed E-state index contributed by atoms with van der Waals surface area (Å²) in [6, 6.07) is 14.6. The molecule has 2 heterocycles. The van der Waals surface area contributed by atoms with E-state index in [9.17, 15) is 13.2 Å². The molecule has 2 aromatic carbocycles. The summed E-state index contributed by atoms with van der Waals surface area (Å²) in [6.45, 7) is 4.22. The number of halogens is 3. The van der Waals surface area contributed by atoms with Crippen LogP contribution < -0.4 is 20.7 Å². The molecule has 0 aliphatic rings. The van der Waals surface area contributed by atoms with Crippen molar-refractivity contribution in [2.75, 3.05) is 16.0 Å². The van der Waals surface area contributed by atoms with E-state index in [0.29, 0.717) is 18.2 Å². The van der Waals surface area contributed by atoms with Crippen LogP contribution in [0.15, 0.2) is 72.2 Å². The van der Waals surface area contributed by atoms with Gasteiger partial charge in [-0.25, -0.2) is 19.6 Å². The van der Waals surface area contributed by atoms with E-state index < -0.39 is 6.36 Å². The minimum absolute atomic E-state index is 0.0312. The Morgan fingerprint density at radius 2 is 1.71 bits per heavy atom. The molecule has 38 heavy (non-hydrogen) atoms. The summed E-state index contributed by atoms with van der Waals surface area (Å²) in [5.74, 6) is 0.0968. The minimum atomic E-state index is -4.81. The third-order valence-corrected chi connectivity index (χ3v) is 4.97. The molecular formula is C24H22F3N9OS. The maximum atomic E-state index is 12.6. The number of alkyl halides is 3. The first-order valence-electron chi connectivity index (χ1n) is 11.1. The second-order valence-corrected chi connectivity index (χ2v) is 8.37. The van der Waals surface area contributed by atoms with E-state index >= 15 is 0 Å². The first-order valence-corrected chi connectivity index (χ1v) is 11.6. The monoisotopic (exact) mass is 541 g/mol. The van der Waals surface area contributed by atoms with Gasteiger partial charge in [-0.15, -0.1) is 13.2 Å². The molecule has 14 heteroatoms. The Bertz CT molecular complexity index is 1400. The van der Waals surface area contributed by atoms with Gasteiger partial charge in [0.05, 0.1) is 6.54 Å². The van der Waals surface area contributed by atoms with E-state index in [-0.39, 0.29) is 22.5 Å². The van der Waals surface area contributed by atoms with Gasteiger partial charge in [-0.2, -0.15) is 10.1 Å². The summed E-state index contributed by atoms with van der Waals surface area (Å²) in [5.41, 5.74) is 3.45. The van der Waals surface area contributed by atoms with Crippen LogP contribution >= 0.6 is 12.2 Å². The molecule has 4 aromatic rings. The number of hydrogen-bond donors (Lipinski definition) is 3. The molecule has 4 rings (SSSR count). The lowest BCUT2D eigenvalue weighted by atomic mass is 10.2. The average Bonchev–Trinajstić information content (AvgIpc) is 3.32. The zero-order valence-corrected chi connectivity index (χ0v) is 21.0. The van der Waals surface area contributed by atoms with Crippen LogP contribution in [0.1, 0.15) is 17.0 Å². The maximum absolute atomic E-state index is 12.6. The van der Waals surface area contributed by atoms with Gasteiger partial charge < -0.3 is 15.4 Å². The smallest absolute Gasteiger partial charge is 0.406 e. The normalized spacial score (nSPS) is 11.7. The van der Waals surface area contributed by atoms with E-state index in [1.165, 1.54) is 24.5 Å². The fourth-order valence-corrected chi connectivity index (χ4v) is 3.54. The highest BCUT2D eigenvalue weighted by atomic mass is 32.1. The summed E-state index contributed by atoms with van der Waals surface area (Å²) in [6.07, 6.45) is -1.71. The quantitative estimate of drug-likeness (QED) is 0.178. The van der Waals surface area contributed by atoms with Crippen molar-refractivity contribution in [3.8, 4) is 5.75 Å². The molecule has 0 saturated carbocycles. The topological polar surface area (TPSA) is 114 Å². The van der Waals surface area contributed by atoms with E-state index in [2.05, 4.69) is 45.7 Å². The molecule has 10 nitrogen and oxygen atoms in total. The van der Waals surface area contributed by atoms with Crippen molar-refractivity contribution >= 4 is 40.6 Å². The Balaban J connectivity index is 1.53. The summed E-state index contributed by atoms with van der Waals surface area (Å²) in [4.78, 5) is 17.0. The lowest BCUT2D eigenvalue weighted by Gasteiger charge is -2.14. The number of nitrogens with one attached hydrogen (secondary N) is 3. The first-order chi connectivity index (χ1) is 18.1. The highest BCUT2D eigenvalue weighted by Gasteiger charge is 2.31. The minimum Gasteiger partial charge on any atom is -0.406 e. The molecular weight excluding hydrogens is 519 g/mol. The number of benzene rings is 2. The highest BCUT2D eigenvalue weighted by molar-refractivity contribution is 7.80. The molecule has 0 amide bonds. The fraction of sp³-hybridized carbons (Fsp3) is 0.167. The Morgan fingerprint density at radius 1 is 0.974 bits per heavy atom. The Hall–Kier alpha value is -4.59. The Labute approximate surface area is 221 Å². The molecule has 196 valence electrons. The van der Waals surface area contributed by atoms with Crippen molar-refractivity contribution < 1.29 is 17.9 Å². The van der Waals surface area contributed by atoms with Crippen molar-refractivity contribution in [2.45, 2.75) is 26.8 Å². The van der Waals surface area contributed by atoms with Crippen molar-refractivity contribution in [1.82, 2.24) is 24.7 Å². The van der Waals surface area contributed by atoms with Crippen molar-refractivity contribution in [3.05, 3.63) is 84.2 Å². The van der Waals surface area contributed by atoms with Crippen molar-refractivity contribution in [2.24, 2.45) is 4.99 Å². The van der Waals surface area contributed by atoms with Gasteiger partial charge in [0.25, 0.3) is 0 Å². The largest absolute Gasteiger partial charge is 0.573 e. The lowest BCUT2D eigenvalue weighted by molar-refractivity contribution is -0.274. The number of anilines is 3. The van der Waals surface area contributed by atoms with Crippen molar-refractivity contribution in [3.63, 3.8) is 0 Å². The number of guanidine groups is 1. The average molecular weight is 542 g/mol. The van der Waals surface area contributed by atoms with Crippen LogP contribution in [0.5, 0.6) is 5.75 Å². The molecule has 0 fully saturated rings. The number of hydrogen-bond acceptors (Lipinski definition) is 6. The van der Waals surface area contributed by atoms with Gasteiger partial charge in [0.1, 0.15) is 18.4 Å². The molecule has 2 aromatic heterocycles. The molecule has 0 saturated heterocycles. The van der Waals surface area contributed by atoms with E-state index in [1.807, 2.05) is 44.2 Å². The Kier molecular flexibility index (Phi) is 8.11. The number of nitrogens with zero attached hydrogens (tertiary/aromatic N) is 6. The van der Waals surface area contributed by atoms with Crippen LogP contribution in [0.25, 0.3) is 0 Å². The SMILES string of the molecule is Cc1cc(C)nc(N/C(=N/C(=S)Nc2cccc(OC(F)(F)F)c2)Nc2ccc(Cn3cncn3)cc2)n1. The van der Waals surface area contributed by atoms with Crippen LogP contribution in [-0.4, -0.2) is 42.2 Å². The zero-order valence-electron chi connectivity index (χ0n) is 20.2. The molecule has 3 N–H and O–H groups in total. The number of rotatable bonds is 6. The van der Waals surface area contributed by atoms with Crippen molar-refractivity contribution in [1.29, 1.82) is 0 Å². The van der Waals surface area contributed by atoms with Gasteiger partial charge in [0, 0.05) is 28.8 Å². The number of ether oxygens (including phenoxy) is 1. The van der Waals surface area contributed by atoms with E-state index in [1.54, 1.807) is 11.0 Å². The van der Waals surface area contributed by atoms with Gasteiger partial charge in [-0.05, 0) is 62.0 Å². The standard InChI is InChI=1S/C24H22F3N9OS/c1-15-10-16(2)31-21(30-15)34-22(32-18-8-6-17(7-9-18)12-36-14-28-13-29-36)35-23(38)33-19-4-3-5-20(11-19)37-24(25,26)27/h3-11,13-14H,12H2,1-2H3,(H3,30,31,32,33,34,35,38). The van der Waals surface area contributed by atoms with Crippen LogP contribution in [0.4, 0.5) is 30.5 Å². The van der Waals surface area contributed by atoms with Gasteiger partial charge >= 0.3 is 6.36 Å². The summed E-state index contributed by atoms with van der Waals surface area (Å²) in [7, 11) is 0.